The van der Waals surface area contributed by atoms with E-state index in [1.165, 1.54) is 22.4 Å². The van der Waals surface area contributed by atoms with Gasteiger partial charge >= 0.3 is 0 Å². The lowest BCUT2D eigenvalue weighted by Gasteiger charge is -2.08. The quantitative estimate of drug-likeness (QED) is 0.711. The normalized spacial score (nSPS) is 13.8. The number of hydrogen-bond donors (Lipinski definition) is 0. The summed E-state index contributed by atoms with van der Waals surface area (Å²) in [4.78, 5) is 4.49. The van der Waals surface area contributed by atoms with Crippen molar-refractivity contribution in [3.05, 3.63) is 62.3 Å². The number of pyridine rings is 1. The van der Waals surface area contributed by atoms with Gasteiger partial charge < -0.3 is 0 Å². The fraction of sp³-hybridized carbons (Fsp3) is 0.214. The number of fused-ring (bicyclic) bond motifs is 2. The Morgan fingerprint density at radius 3 is 2.88 bits per heavy atom. The molecule has 2 aromatic rings. The van der Waals surface area contributed by atoms with Gasteiger partial charge in [-0.2, -0.15) is 0 Å². The minimum Gasteiger partial charge on any atom is -0.261 e. The maximum atomic E-state index is 6.10. The summed E-state index contributed by atoms with van der Waals surface area (Å²) in [7, 11) is 0. The second-order valence-electron chi connectivity index (χ2n) is 4.31. The molecule has 1 aliphatic carbocycles. The van der Waals surface area contributed by atoms with E-state index in [4.69, 9.17) is 11.6 Å². The highest BCUT2D eigenvalue weighted by atomic mass is 79.9. The van der Waals surface area contributed by atoms with Crippen LogP contribution in [0, 0.1) is 0 Å². The highest BCUT2D eigenvalue weighted by Crippen LogP contribution is 2.31. The standard InChI is InChI=1S/C14H11BrClN/c15-13-7-11(16)6-10-4-3-9-2-1-5-17-14(9)8-12(10)13/h1-2,5-7H,3-4,8H2. The zero-order valence-corrected chi connectivity index (χ0v) is 11.6. The number of nitrogens with zero attached hydrogens (tertiary/aromatic N) is 1. The van der Waals surface area contributed by atoms with Crippen LogP contribution in [0.3, 0.4) is 0 Å². The van der Waals surface area contributed by atoms with Crippen LogP contribution in [0.5, 0.6) is 0 Å². The molecule has 86 valence electrons. The lowest BCUT2D eigenvalue weighted by atomic mass is 10.0. The van der Waals surface area contributed by atoms with Gasteiger partial charge in [0, 0.05) is 27.8 Å². The van der Waals surface area contributed by atoms with Crippen molar-refractivity contribution in [2.24, 2.45) is 0 Å². The zero-order valence-electron chi connectivity index (χ0n) is 9.21. The molecule has 1 aromatic heterocycles. The Labute approximate surface area is 114 Å². The van der Waals surface area contributed by atoms with Gasteiger partial charge in [-0.3, -0.25) is 4.98 Å². The van der Waals surface area contributed by atoms with Crippen LogP contribution in [-0.2, 0) is 19.3 Å². The summed E-state index contributed by atoms with van der Waals surface area (Å²) in [5.41, 5.74) is 5.20. The third-order valence-corrected chi connectivity index (χ3v) is 4.17. The lowest BCUT2D eigenvalue weighted by molar-refractivity contribution is 0.952. The van der Waals surface area contributed by atoms with Crippen molar-refractivity contribution in [2.45, 2.75) is 19.3 Å². The van der Waals surface area contributed by atoms with Gasteiger partial charge in [-0.05, 0) is 47.7 Å². The fourth-order valence-electron chi connectivity index (χ4n) is 2.37. The summed E-state index contributed by atoms with van der Waals surface area (Å²) in [6, 6.07) is 8.22. The van der Waals surface area contributed by atoms with Gasteiger partial charge in [-0.1, -0.05) is 33.6 Å². The molecule has 3 rings (SSSR count). The van der Waals surface area contributed by atoms with E-state index < -0.39 is 0 Å². The predicted octanol–water partition coefficient (Wildman–Crippen LogP) is 4.19. The Kier molecular flexibility index (Phi) is 2.93. The van der Waals surface area contributed by atoms with E-state index >= 15 is 0 Å². The topological polar surface area (TPSA) is 12.9 Å². The first-order chi connectivity index (χ1) is 8.24. The molecule has 0 bridgehead atoms. The van der Waals surface area contributed by atoms with Crippen molar-refractivity contribution in [3.63, 3.8) is 0 Å². The van der Waals surface area contributed by atoms with E-state index in [-0.39, 0.29) is 0 Å². The van der Waals surface area contributed by atoms with Gasteiger partial charge in [0.2, 0.25) is 0 Å². The third kappa shape index (κ3) is 2.12. The van der Waals surface area contributed by atoms with E-state index in [1.54, 1.807) is 0 Å². The van der Waals surface area contributed by atoms with Crippen LogP contribution in [0.1, 0.15) is 22.4 Å². The SMILES string of the molecule is Clc1cc(Br)c2c(c1)CCc1cccnc1C2. The van der Waals surface area contributed by atoms with Crippen molar-refractivity contribution in [3.8, 4) is 0 Å². The molecule has 1 nitrogen and oxygen atoms in total. The van der Waals surface area contributed by atoms with Crippen molar-refractivity contribution in [1.29, 1.82) is 0 Å². The van der Waals surface area contributed by atoms with Crippen LogP contribution in [0.15, 0.2) is 34.9 Å². The first-order valence-corrected chi connectivity index (χ1v) is 6.80. The molecule has 0 amide bonds. The number of aromatic nitrogens is 1. The van der Waals surface area contributed by atoms with Gasteiger partial charge in [0.05, 0.1) is 0 Å². The largest absolute Gasteiger partial charge is 0.261 e. The van der Waals surface area contributed by atoms with Gasteiger partial charge in [0.25, 0.3) is 0 Å². The summed E-state index contributed by atoms with van der Waals surface area (Å²) in [5.74, 6) is 0. The first kappa shape index (κ1) is 11.2. The smallest absolute Gasteiger partial charge is 0.0479 e. The van der Waals surface area contributed by atoms with Crippen molar-refractivity contribution >= 4 is 27.5 Å². The second kappa shape index (κ2) is 4.43. The van der Waals surface area contributed by atoms with Gasteiger partial charge in [-0.25, -0.2) is 0 Å². The van der Waals surface area contributed by atoms with E-state index in [2.05, 4.69) is 33.0 Å². The molecule has 3 heteroatoms. The van der Waals surface area contributed by atoms with Gasteiger partial charge in [-0.15, -0.1) is 0 Å². The molecule has 0 spiro atoms. The molecule has 0 unspecified atom stereocenters. The minimum atomic E-state index is 0.801. The fourth-order valence-corrected chi connectivity index (χ4v) is 3.39. The molecule has 0 atom stereocenters. The molecule has 1 heterocycles. The Balaban J connectivity index is 2.14. The maximum absolute atomic E-state index is 6.10. The van der Waals surface area contributed by atoms with Gasteiger partial charge in [0.1, 0.15) is 0 Å². The zero-order chi connectivity index (χ0) is 11.8. The summed E-state index contributed by atoms with van der Waals surface area (Å²) < 4.78 is 1.10. The number of aryl methyl sites for hydroxylation is 2. The Morgan fingerprint density at radius 1 is 1.18 bits per heavy atom. The lowest BCUT2D eigenvalue weighted by Crippen LogP contribution is -1.96. The average molecular weight is 309 g/mol. The molecular weight excluding hydrogens is 298 g/mol. The maximum Gasteiger partial charge on any atom is 0.0479 e. The minimum absolute atomic E-state index is 0.801. The van der Waals surface area contributed by atoms with Crippen LogP contribution < -0.4 is 0 Å². The van der Waals surface area contributed by atoms with Crippen molar-refractivity contribution in [1.82, 2.24) is 4.98 Å². The second-order valence-corrected chi connectivity index (χ2v) is 5.60. The molecular formula is C14H11BrClN. The van der Waals surface area contributed by atoms with Crippen molar-refractivity contribution < 1.29 is 0 Å². The Bertz CT molecular complexity index is 580. The molecule has 1 aromatic carbocycles. The molecule has 0 radical (unpaired) electrons. The molecule has 0 saturated heterocycles. The van der Waals surface area contributed by atoms with Crippen LogP contribution >= 0.6 is 27.5 Å². The molecule has 0 N–H and O–H groups in total. The van der Waals surface area contributed by atoms with Crippen LogP contribution in [0.4, 0.5) is 0 Å². The predicted molar refractivity (Wildman–Crippen MR) is 73.6 cm³/mol. The van der Waals surface area contributed by atoms with Gasteiger partial charge in [0.15, 0.2) is 0 Å². The number of benzene rings is 1. The molecule has 1 aliphatic rings. The van der Waals surface area contributed by atoms with Crippen LogP contribution in [-0.4, -0.2) is 4.98 Å². The molecule has 0 saturated carbocycles. The monoisotopic (exact) mass is 307 g/mol. The Morgan fingerprint density at radius 2 is 2.00 bits per heavy atom. The van der Waals surface area contributed by atoms with Crippen LogP contribution in [0.25, 0.3) is 0 Å². The van der Waals surface area contributed by atoms with E-state index in [1.807, 2.05) is 18.3 Å². The number of rotatable bonds is 0. The molecule has 0 fully saturated rings. The summed E-state index contributed by atoms with van der Waals surface area (Å²) in [6.45, 7) is 0. The molecule has 0 aliphatic heterocycles. The van der Waals surface area contributed by atoms with Crippen molar-refractivity contribution in [2.75, 3.05) is 0 Å². The van der Waals surface area contributed by atoms with Crippen LogP contribution in [0.2, 0.25) is 5.02 Å². The summed E-state index contributed by atoms with van der Waals surface area (Å²) in [6.07, 6.45) is 4.84. The summed E-state index contributed by atoms with van der Waals surface area (Å²) >= 11 is 9.71. The number of hydrogen-bond acceptors (Lipinski definition) is 1. The average Bonchev–Trinajstić information content (AvgIpc) is 2.49. The van der Waals surface area contributed by atoms with E-state index in [0.29, 0.717) is 0 Å². The third-order valence-electron chi connectivity index (χ3n) is 3.25. The molecule has 17 heavy (non-hydrogen) atoms. The highest BCUT2D eigenvalue weighted by molar-refractivity contribution is 9.10. The van der Waals surface area contributed by atoms with E-state index in [0.717, 1.165) is 28.8 Å². The summed E-state index contributed by atoms with van der Waals surface area (Å²) in [5, 5.41) is 0.801. The first-order valence-electron chi connectivity index (χ1n) is 5.63. The van der Waals surface area contributed by atoms with E-state index in [9.17, 15) is 0 Å². The number of halogens is 2. The highest BCUT2D eigenvalue weighted by Gasteiger charge is 2.16. The Hall–Kier alpha value is -0.860.